The summed E-state index contributed by atoms with van der Waals surface area (Å²) in [4.78, 5) is 0. The maximum Gasteiger partial charge on any atom is 0.0541 e. The molecule has 0 spiro atoms. The van der Waals surface area contributed by atoms with E-state index in [0.29, 0.717) is 0 Å². The third kappa shape index (κ3) is 3.31. The Morgan fingerprint density at radius 1 is 0.368 bits per heavy atom. The predicted molar refractivity (Wildman–Crippen MR) is 165 cm³/mol. The van der Waals surface area contributed by atoms with Gasteiger partial charge in [0, 0.05) is 36.6 Å². The molecule has 0 amide bonds. The van der Waals surface area contributed by atoms with Gasteiger partial charge in [-0.2, -0.15) is 0 Å². The van der Waals surface area contributed by atoms with Crippen molar-refractivity contribution in [2.75, 3.05) is 0 Å². The third-order valence-electron chi connectivity index (χ3n) is 7.64. The number of para-hydroxylation sites is 2. The quantitative estimate of drug-likeness (QED) is 0.227. The van der Waals surface area contributed by atoms with E-state index >= 15 is 0 Å². The minimum absolute atomic E-state index is 1.18. The Morgan fingerprint density at radius 2 is 0.842 bits per heavy atom. The molecule has 38 heavy (non-hydrogen) atoms. The SMILES string of the molecule is c1ccc2c(c1)sc1cc(-c3ccc(-c4ccc(-n5c6ccccc6c6ccccc65)cc4)cc3)ccc12. The van der Waals surface area contributed by atoms with E-state index in [1.165, 1.54) is 69.9 Å². The van der Waals surface area contributed by atoms with Crippen LogP contribution in [0.4, 0.5) is 0 Å². The molecule has 8 aromatic rings. The van der Waals surface area contributed by atoms with E-state index in [1.807, 2.05) is 11.3 Å². The Kier molecular flexibility index (Phi) is 4.76. The summed E-state index contributed by atoms with van der Waals surface area (Å²) in [5.41, 5.74) is 8.61. The first-order valence-corrected chi connectivity index (χ1v) is 13.8. The average molecular weight is 502 g/mol. The molecule has 2 heterocycles. The van der Waals surface area contributed by atoms with E-state index in [9.17, 15) is 0 Å². The number of hydrogen-bond donors (Lipinski definition) is 0. The van der Waals surface area contributed by atoms with Crippen molar-refractivity contribution in [1.82, 2.24) is 4.57 Å². The van der Waals surface area contributed by atoms with Crippen LogP contribution in [0.1, 0.15) is 0 Å². The molecule has 0 aliphatic carbocycles. The lowest BCUT2D eigenvalue weighted by molar-refractivity contribution is 1.18. The highest BCUT2D eigenvalue weighted by Gasteiger charge is 2.12. The first kappa shape index (κ1) is 21.4. The fourth-order valence-corrected chi connectivity index (χ4v) is 6.91. The molecule has 0 N–H and O–H groups in total. The lowest BCUT2D eigenvalue weighted by atomic mass is 9.99. The van der Waals surface area contributed by atoms with Crippen molar-refractivity contribution in [1.29, 1.82) is 0 Å². The van der Waals surface area contributed by atoms with Crippen molar-refractivity contribution >= 4 is 53.3 Å². The van der Waals surface area contributed by atoms with Gasteiger partial charge >= 0.3 is 0 Å². The molecule has 2 heteroatoms. The molecule has 1 nitrogen and oxygen atoms in total. The van der Waals surface area contributed by atoms with Crippen LogP contribution < -0.4 is 0 Å². The molecule has 0 bridgehead atoms. The van der Waals surface area contributed by atoms with Crippen LogP contribution in [-0.2, 0) is 0 Å². The molecule has 0 aliphatic heterocycles. The van der Waals surface area contributed by atoms with Gasteiger partial charge in [0.1, 0.15) is 0 Å². The fraction of sp³-hybridized carbons (Fsp3) is 0. The van der Waals surface area contributed by atoms with Gasteiger partial charge in [0.25, 0.3) is 0 Å². The van der Waals surface area contributed by atoms with Gasteiger partial charge in [-0.25, -0.2) is 0 Å². The number of fused-ring (bicyclic) bond motifs is 6. The summed E-state index contributed by atoms with van der Waals surface area (Å²) in [6.45, 7) is 0. The molecule has 0 unspecified atom stereocenters. The van der Waals surface area contributed by atoms with Crippen LogP contribution in [0.3, 0.4) is 0 Å². The minimum atomic E-state index is 1.18. The van der Waals surface area contributed by atoms with E-state index in [0.717, 1.165) is 0 Å². The van der Waals surface area contributed by atoms with Gasteiger partial charge in [-0.15, -0.1) is 11.3 Å². The second-order valence-corrected chi connectivity index (χ2v) is 10.9. The third-order valence-corrected chi connectivity index (χ3v) is 8.77. The van der Waals surface area contributed by atoms with Gasteiger partial charge in [0.05, 0.1) is 11.0 Å². The smallest absolute Gasteiger partial charge is 0.0541 e. The maximum absolute atomic E-state index is 2.36. The summed E-state index contributed by atoms with van der Waals surface area (Å²) < 4.78 is 5.05. The van der Waals surface area contributed by atoms with Crippen molar-refractivity contribution in [3.8, 4) is 27.9 Å². The zero-order valence-corrected chi connectivity index (χ0v) is 21.5. The molecule has 0 radical (unpaired) electrons. The normalized spacial score (nSPS) is 11.7. The monoisotopic (exact) mass is 501 g/mol. The Morgan fingerprint density at radius 3 is 1.50 bits per heavy atom. The van der Waals surface area contributed by atoms with Gasteiger partial charge < -0.3 is 4.57 Å². The molecule has 2 aromatic heterocycles. The predicted octanol–water partition coefficient (Wildman–Crippen LogP) is 10.5. The zero-order valence-electron chi connectivity index (χ0n) is 20.6. The van der Waals surface area contributed by atoms with Crippen LogP contribution in [0, 0.1) is 0 Å². The van der Waals surface area contributed by atoms with E-state index in [2.05, 4.69) is 144 Å². The van der Waals surface area contributed by atoms with Crippen LogP contribution in [0.2, 0.25) is 0 Å². The molecule has 8 rings (SSSR count). The number of rotatable bonds is 3. The number of nitrogens with zero attached hydrogens (tertiary/aromatic N) is 1. The van der Waals surface area contributed by atoms with Gasteiger partial charge in [0.15, 0.2) is 0 Å². The summed E-state index contributed by atoms with van der Waals surface area (Å²) in [5, 5.41) is 5.27. The average Bonchev–Trinajstić information content (AvgIpc) is 3.53. The molecular weight excluding hydrogens is 478 g/mol. The summed E-state index contributed by atoms with van der Waals surface area (Å²) in [6.07, 6.45) is 0. The van der Waals surface area contributed by atoms with Crippen molar-refractivity contribution in [2.45, 2.75) is 0 Å². The van der Waals surface area contributed by atoms with E-state index in [-0.39, 0.29) is 0 Å². The summed E-state index contributed by atoms with van der Waals surface area (Å²) >= 11 is 1.87. The first-order chi connectivity index (χ1) is 18.8. The van der Waals surface area contributed by atoms with Crippen LogP contribution in [0.25, 0.3) is 69.9 Å². The first-order valence-electron chi connectivity index (χ1n) is 12.9. The van der Waals surface area contributed by atoms with Crippen molar-refractivity contribution in [3.05, 3.63) is 140 Å². The Bertz CT molecular complexity index is 2060. The van der Waals surface area contributed by atoms with Crippen LogP contribution in [0.5, 0.6) is 0 Å². The molecule has 6 aromatic carbocycles. The highest BCUT2D eigenvalue weighted by atomic mass is 32.1. The Balaban J connectivity index is 1.14. The lowest BCUT2D eigenvalue weighted by Crippen LogP contribution is -1.93. The summed E-state index contributed by atoms with van der Waals surface area (Å²) in [5.74, 6) is 0. The van der Waals surface area contributed by atoms with E-state index < -0.39 is 0 Å². The topological polar surface area (TPSA) is 4.93 Å². The molecule has 0 aliphatic rings. The second-order valence-electron chi connectivity index (χ2n) is 9.80. The number of benzene rings is 6. The van der Waals surface area contributed by atoms with Gasteiger partial charge in [-0.05, 0) is 58.7 Å². The van der Waals surface area contributed by atoms with E-state index in [1.54, 1.807) is 0 Å². The largest absolute Gasteiger partial charge is 0.309 e. The summed E-state index contributed by atoms with van der Waals surface area (Å²) in [7, 11) is 0. The number of hydrogen-bond acceptors (Lipinski definition) is 1. The van der Waals surface area contributed by atoms with Crippen molar-refractivity contribution < 1.29 is 0 Å². The molecule has 0 saturated heterocycles. The molecule has 178 valence electrons. The number of aromatic nitrogens is 1. The van der Waals surface area contributed by atoms with Gasteiger partial charge in [-0.3, -0.25) is 0 Å². The van der Waals surface area contributed by atoms with Gasteiger partial charge in [-0.1, -0.05) is 103 Å². The van der Waals surface area contributed by atoms with Crippen LogP contribution in [0.15, 0.2) is 140 Å². The fourth-order valence-electron chi connectivity index (χ4n) is 5.76. The minimum Gasteiger partial charge on any atom is -0.309 e. The highest BCUT2D eigenvalue weighted by molar-refractivity contribution is 7.25. The molecule has 0 saturated carbocycles. The second kappa shape index (κ2) is 8.44. The molecular formula is C36H23NS. The standard InChI is InChI=1S/C36H23NS/c1-4-10-33-29(7-1)30-8-2-5-11-34(30)37(33)28-20-17-25(18-21-28)24-13-15-26(16-14-24)27-19-22-32-31-9-3-6-12-35(31)38-36(32)23-27/h1-23H. The summed E-state index contributed by atoms with van der Waals surface area (Å²) in [6, 6.07) is 50.7. The molecule has 0 atom stereocenters. The van der Waals surface area contributed by atoms with Crippen LogP contribution in [-0.4, -0.2) is 4.57 Å². The molecule has 0 fully saturated rings. The van der Waals surface area contributed by atoms with Crippen molar-refractivity contribution in [3.63, 3.8) is 0 Å². The van der Waals surface area contributed by atoms with Crippen molar-refractivity contribution in [2.24, 2.45) is 0 Å². The Hall–Kier alpha value is -4.66. The Labute approximate surface area is 224 Å². The van der Waals surface area contributed by atoms with Gasteiger partial charge in [0.2, 0.25) is 0 Å². The maximum atomic E-state index is 2.36. The van der Waals surface area contributed by atoms with E-state index in [4.69, 9.17) is 0 Å². The zero-order chi connectivity index (χ0) is 25.1. The van der Waals surface area contributed by atoms with Crippen LogP contribution >= 0.6 is 11.3 Å². The highest BCUT2D eigenvalue weighted by Crippen LogP contribution is 2.37. The lowest BCUT2D eigenvalue weighted by Gasteiger charge is -2.10. The number of thiophene rings is 1.